The van der Waals surface area contributed by atoms with Crippen LogP contribution >= 0.6 is 0 Å². The molecule has 0 amide bonds. The second-order valence-corrected chi connectivity index (χ2v) is 13.8. The molecule has 0 N–H and O–H groups in total. The summed E-state index contributed by atoms with van der Waals surface area (Å²) in [6.07, 6.45) is 0. The molecule has 0 bridgehead atoms. The highest BCUT2D eigenvalue weighted by atomic mass is 15.1. The number of nitrogens with zero attached hydrogens (tertiary/aromatic N) is 4. The van der Waals surface area contributed by atoms with Gasteiger partial charge in [-0.1, -0.05) is 133 Å². The Morgan fingerprint density at radius 2 is 0.926 bits per heavy atom. The number of imidazole rings is 1. The molecule has 0 radical (unpaired) electrons. The van der Waals surface area contributed by atoms with Crippen LogP contribution in [0.4, 0.5) is 0 Å². The first-order valence-corrected chi connectivity index (χ1v) is 18.3. The number of aromatic nitrogens is 4. The lowest BCUT2D eigenvalue weighted by molar-refractivity contribution is 1.10. The smallest absolute Gasteiger partial charge is 0.145 e. The van der Waals surface area contributed by atoms with Crippen molar-refractivity contribution in [1.82, 2.24) is 19.1 Å². The van der Waals surface area contributed by atoms with Crippen molar-refractivity contribution in [3.8, 4) is 45.1 Å². The van der Waals surface area contributed by atoms with Crippen LogP contribution in [0.2, 0.25) is 0 Å². The number of pyridine rings is 1. The van der Waals surface area contributed by atoms with Crippen LogP contribution in [0, 0.1) is 0 Å². The van der Waals surface area contributed by atoms with E-state index >= 15 is 0 Å². The normalized spacial score (nSPS) is 11.7. The summed E-state index contributed by atoms with van der Waals surface area (Å²) in [6.45, 7) is 0. The van der Waals surface area contributed by atoms with E-state index in [4.69, 9.17) is 9.97 Å². The number of benzene rings is 8. The third kappa shape index (κ3) is 4.70. The van der Waals surface area contributed by atoms with Crippen molar-refractivity contribution in [3.63, 3.8) is 0 Å². The zero-order chi connectivity index (χ0) is 35.6. The zero-order valence-corrected chi connectivity index (χ0v) is 29.3. The van der Waals surface area contributed by atoms with E-state index in [0.29, 0.717) is 0 Å². The summed E-state index contributed by atoms with van der Waals surface area (Å²) in [5, 5.41) is 6.02. The van der Waals surface area contributed by atoms with Gasteiger partial charge in [0.15, 0.2) is 0 Å². The number of hydrogen-bond donors (Lipinski definition) is 0. The lowest BCUT2D eigenvalue weighted by Gasteiger charge is -2.14. The SMILES string of the molecule is c1ccc(-n2c(-c3ccc(-c4cccc(-c5nc6ccccc6c6c5ccc5c6c6ccccc6n5-c5ccccc5)c4)cc3)nc3ccccc32)cc1. The van der Waals surface area contributed by atoms with Crippen LogP contribution < -0.4 is 0 Å². The second kappa shape index (κ2) is 12.1. The van der Waals surface area contributed by atoms with E-state index in [1.807, 2.05) is 12.1 Å². The Bertz CT molecular complexity index is 3190. The third-order valence-corrected chi connectivity index (χ3v) is 10.7. The molecule has 252 valence electrons. The Morgan fingerprint density at radius 1 is 0.315 bits per heavy atom. The molecule has 0 unspecified atom stereocenters. The van der Waals surface area contributed by atoms with Crippen LogP contribution in [0.1, 0.15) is 0 Å². The van der Waals surface area contributed by atoms with Crippen LogP contribution in [-0.2, 0) is 0 Å². The van der Waals surface area contributed by atoms with E-state index in [0.717, 1.165) is 72.5 Å². The Balaban J connectivity index is 1.07. The van der Waals surface area contributed by atoms with Gasteiger partial charge in [0.25, 0.3) is 0 Å². The predicted octanol–water partition coefficient (Wildman–Crippen LogP) is 12.8. The van der Waals surface area contributed by atoms with Gasteiger partial charge in [-0.05, 0) is 71.8 Å². The average Bonchev–Trinajstić information content (AvgIpc) is 3.81. The standard InChI is InChI=1S/C50H32N4/c1-3-16-37(17-4-1)53-44-24-11-8-21-40(44)48-46(53)31-30-41-47(48)39-20-7-9-22-42(39)51-49(41)36-15-13-14-35(32-36)33-26-28-34(29-27-33)50-52-43-23-10-12-25-45(43)54(50)38-18-5-2-6-19-38/h1-32H. The van der Waals surface area contributed by atoms with E-state index < -0.39 is 0 Å². The molecule has 8 aromatic carbocycles. The average molecular weight is 689 g/mol. The first-order chi connectivity index (χ1) is 26.8. The summed E-state index contributed by atoms with van der Waals surface area (Å²) >= 11 is 0. The van der Waals surface area contributed by atoms with Crippen molar-refractivity contribution in [3.05, 3.63) is 194 Å². The van der Waals surface area contributed by atoms with Crippen LogP contribution in [0.15, 0.2) is 194 Å². The van der Waals surface area contributed by atoms with Crippen molar-refractivity contribution < 1.29 is 0 Å². The first kappa shape index (κ1) is 30.3. The van der Waals surface area contributed by atoms with Crippen molar-refractivity contribution in [2.45, 2.75) is 0 Å². The molecule has 4 nitrogen and oxygen atoms in total. The highest BCUT2D eigenvalue weighted by Crippen LogP contribution is 2.43. The van der Waals surface area contributed by atoms with Crippen LogP contribution in [0.25, 0.3) is 99.7 Å². The van der Waals surface area contributed by atoms with Gasteiger partial charge in [-0.3, -0.25) is 4.57 Å². The molecule has 0 aliphatic heterocycles. The maximum Gasteiger partial charge on any atom is 0.145 e. The summed E-state index contributed by atoms with van der Waals surface area (Å²) in [7, 11) is 0. The molecule has 0 atom stereocenters. The van der Waals surface area contributed by atoms with Crippen LogP contribution in [0.3, 0.4) is 0 Å². The van der Waals surface area contributed by atoms with E-state index in [-0.39, 0.29) is 0 Å². The molecule has 54 heavy (non-hydrogen) atoms. The molecule has 11 rings (SSSR count). The van der Waals surface area contributed by atoms with Gasteiger partial charge in [-0.2, -0.15) is 0 Å². The quantitative estimate of drug-likeness (QED) is 0.169. The fraction of sp³-hybridized carbons (Fsp3) is 0. The van der Waals surface area contributed by atoms with Gasteiger partial charge in [-0.15, -0.1) is 0 Å². The summed E-state index contributed by atoms with van der Waals surface area (Å²) < 4.78 is 4.63. The van der Waals surface area contributed by atoms with E-state index in [1.165, 1.54) is 27.2 Å². The van der Waals surface area contributed by atoms with Crippen LogP contribution in [-0.4, -0.2) is 19.1 Å². The summed E-state index contributed by atoms with van der Waals surface area (Å²) in [4.78, 5) is 10.4. The number of hydrogen-bond acceptors (Lipinski definition) is 2. The lowest BCUT2D eigenvalue weighted by Crippen LogP contribution is -1.97. The summed E-state index contributed by atoms with van der Waals surface area (Å²) in [6, 6.07) is 68.9. The van der Waals surface area contributed by atoms with Gasteiger partial charge in [0.2, 0.25) is 0 Å². The van der Waals surface area contributed by atoms with Crippen molar-refractivity contribution >= 4 is 54.5 Å². The zero-order valence-electron chi connectivity index (χ0n) is 29.3. The maximum atomic E-state index is 5.36. The fourth-order valence-electron chi connectivity index (χ4n) is 8.29. The minimum atomic E-state index is 0.925. The maximum absolute atomic E-state index is 5.36. The van der Waals surface area contributed by atoms with Crippen LogP contribution in [0.5, 0.6) is 0 Å². The second-order valence-electron chi connectivity index (χ2n) is 13.8. The Morgan fingerprint density at radius 3 is 1.70 bits per heavy atom. The largest absolute Gasteiger partial charge is 0.309 e. The van der Waals surface area contributed by atoms with E-state index in [9.17, 15) is 0 Å². The molecule has 3 heterocycles. The molecule has 0 spiro atoms. The molecule has 0 aliphatic rings. The molecule has 0 saturated heterocycles. The minimum absolute atomic E-state index is 0.925. The van der Waals surface area contributed by atoms with Gasteiger partial charge >= 0.3 is 0 Å². The third-order valence-electron chi connectivity index (χ3n) is 10.7. The van der Waals surface area contributed by atoms with Crippen molar-refractivity contribution in [2.24, 2.45) is 0 Å². The van der Waals surface area contributed by atoms with Crippen molar-refractivity contribution in [2.75, 3.05) is 0 Å². The van der Waals surface area contributed by atoms with Gasteiger partial charge in [0.05, 0.1) is 33.3 Å². The molecule has 0 fully saturated rings. The summed E-state index contributed by atoms with van der Waals surface area (Å²) in [5.74, 6) is 0.925. The van der Waals surface area contributed by atoms with Crippen molar-refractivity contribution in [1.29, 1.82) is 0 Å². The molecule has 0 saturated carbocycles. The topological polar surface area (TPSA) is 35.6 Å². The highest BCUT2D eigenvalue weighted by Gasteiger charge is 2.20. The first-order valence-electron chi connectivity index (χ1n) is 18.3. The molecule has 0 aliphatic carbocycles. The van der Waals surface area contributed by atoms with Gasteiger partial charge in [0.1, 0.15) is 5.82 Å². The Kier molecular flexibility index (Phi) is 6.82. The number of para-hydroxylation sites is 6. The van der Waals surface area contributed by atoms with Gasteiger partial charge in [-0.25, -0.2) is 9.97 Å². The predicted molar refractivity (Wildman–Crippen MR) is 225 cm³/mol. The molecular weight excluding hydrogens is 657 g/mol. The highest BCUT2D eigenvalue weighted by molar-refractivity contribution is 6.29. The molecular formula is C50H32N4. The van der Waals surface area contributed by atoms with E-state index in [2.05, 4.69) is 191 Å². The number of fused-ring (bicyclic) bond motifs is 8. The van der Waals surface area contributed by atoms with E-state index in [1.54, 1.807) is 0 Å². The molecule has 11 aromatic rings. The Labute approximate surface area is 311 Å². The van der Waals surface area contributed by atoms with Gasteiger partial charge < -0.3 is 4.57 Å². The Hall–Kier alpha value is -7.30. The lowest BCUT2D eigenvalue weighted by atomic mass is 9.94. The summed E-state index contributed by atoms with van der Waals surface area (Å²) in [5.41, 5.74) is 13.1. The molecule has 4 heteroatoms. The fourth-order valence-corrected chi connectivity index (χ4v) is 8.29. The minimum Gasteiger partial charge on any atom is -0.309 e. The number of rotatable bonds is 5. The molecule has 3 aromatic heterocycles. The monoisotopic (exact) mass is 688 g/mol. The van der Waals surface area contributed by atoms with Gasteiger partial charge in [0, 0.05) is 49.4 Å².